The maximum Gasteiger partial charge on any atom is 0.344 e. The number of halogens is 1. The zero-order valence-electron chi connectivity index (χ0n) is 13.0. The Bertz CT molecular complexity index is 602. The Kier molecular flexibility index (Phi) is 6.87. The van der Waals surface area contributed by atoms with Crippen molar-refractivity contribution in [1.29, 1.82) is 0 Å². The number of benzene rings is 1. The number of nitrogens with one attached hydrogen (secondary N) is 2. The molecule has 2 rings (SSSR count). The van der Waals surface area contributed by atoms with Gasteiger partial charge < -0.3 is 14.8 Å². The summed E-state index contributed by atoms with van der Waals surface area (Å²) in [6.45, 7) is -0.936. The summed E-state index contributed by atoms with van der Waals surface area (Å²) in [5.41, 5.74) is 0. The normalized spacial score (nSPS) is 14.0. The minimum atomic E-state index is -0.735. The number of imide groups is 1. The lowest BCUT2D eigenvalue weighted by Crippen LogP contribution is -2.45. The molecule has 0 unspecified atom stereocenters. The van der Waals surface area contributed by atoms with E-state index in [0.717, 1.165) is 25.7 Å². The number of carbonyl (C=O) groups excluding carboxylic acids is 3. The Morgan fingerprint density at radius 3 is 2.54 bits per heavy atom. The van der Waals surface area contributed by atoms with Gasteiger partial charge in [0.05, 0.1) is 5.02 Å². The van der Waals surface area contributed by atoms with Crippen LogP contribution in [0.1, 0.15) is 25.7 Å². The molecule has 0 heterocycles. The van der Waals surface area contributed by atoms with E-state index < -0.39 is 24.5 Å². The highest BCUT2D eigenvalue weighted by Crippen LogP contribution is 2.22. The number of urea groups is 1. The minimum absolute atomic E-state index is 0.101. The Hall–Kier alpha value is -2.28. The van der Waals surface area contributed by atoms with Crippen LogP contribution >= 0.6 is 11.6 Å². The van der Waals surface area contributed by atoms with Gasteiger partial charge in [-0.3, -0.25) is 10.1 Å². The van der Waals surface area contributed by atoms with Crippen LogP contribution in [-0.4, -0.2) is 37.2 Å². The van der Waals surface area contributed by atoms with Crippen molar-refractivity contribution >= 4 is 29.5 Å². The molecule has 24 heavy (non-hydrogen) atoms. The SMILES string of the molecule is O=C(COC(=O)COc1ccccc1Cl)NC(=O)NC1CCCC1. The average Bonchev–Trinajstić information content (AvgIpc) is 3.05. The summed E-state index contributed by atoms with van der Waals surface area (Å²) < 4.78 is 9.92. The summed E-state index contributed by atoms with van der Waals surface area (Å²) >= 11 is 5.88. The Morgan fingerprint density at radius 1 is 1.12 bits per heavy atom. The van der Waals surface area contributed by atoms with E-state index in [-0.39, 0.29) is 12.6 Å². The van der Waals surface area contributed by atoms with E-state index in [9.17, 15) is 14.4 Å². The fraction of sp³-hybridized carbons (Fsp3) is 0.438. The van der Waals surface area contributed by atoms with Crippen LogP contribution in [-0.2, 0) is 14.3 Å². The second-order valence-electron chi connectivity index (χ2n) is 5.38. The fourth-order valence-corrected chi connectivity index (χ4v) is 2.53. The zero-order valence-corrected chi connectivity index (χ0v) is 13.8. The third-order valence-electron chi connectivity index (χ3n) is 3.49. The number of hydrogen-bond acceptors (Lipinski definition) is 5. The molecule has 0 aromatic heterocycles. The summed E-state index contributed by atoms with van der Waals surface area (Å²) in [6, 6.07) is 6.20. The lowest BCUT2D eigenvalue weighted by atomic mass is 10.2. The fourth-order valence-electron chi connectivity index (χ4n) is 2.34. The number of ether oxygens (including phenoxy) is 2. The highest BCUT2D eigenvalue weighted by atomic mass is 35.5. The zero-order chi connectivity index (χ0) is 17.4. The van der Waals surface area contributed by atoms with Gasteiger partial charge in [0.25, 0.3) is 5.91 Å². The Balaban J connectivity index is 1.63. The standard InChI is InChI=1S/C16H19ClN2O5/c17-12-7-3-4-8-13(12)23-10-15(21)24-9-14(20)19-16(22)18-11-5-1-2-6-11/h3-4,7-8,11H,1-2,5-6,9-10H2,(H2,18,19,20,22). The lowest BCUT2D eigenvalue weighted by Gasteiger charge is -2.12. The molecular weight excluding hydrogens is 336 g/mol. The number of amides is 3. The predicted octanol–water partition coefficient (Wildman–Crippen LogP) is 2.03. The van der Waals surface area contributed by atoms with Crippen molar-refractivity contribution < 1.29 is 23.9 Å². The number of hydrogen-bond donors (Lipinski definition) is 2. The van der Waals surface area contributed by atoms with Crippen molar-refractivity contribution in [3.63, 3.8) is 0 Å². The average molecular weight is 355 g/mol. The van der Waals surface area contributed by atoms with Gasteiger partial charge in [-0.1, -0.05) is 36.6 Å². The van der Waals surface area contributed by atoms with Crippen LogP contribution in [0.2, 0.25) is 5.02 Å². The molecule has 1 aliphatic rings. The Labute approximate surface area is 144 Å². The van der Waals surface area contributed by atoms with E-state index in [1.165, 1.54) is 0 Å². The van der Waals surface area contributed by atoms with Crippen molar-refractivity contribution in [2.24, 2.45) is 0 Å². The van der Waals surface area contributed by atoms with E-state index in [1.807, 2.05) is 0 Å². The number of esters is 1. The van der Waals surface area contributed by atoms with E-state index >= 15 is 0 Å². The molecule has 7 nitrogen and oxygen atoms in total. The number of carbonyl (C=O) groups is 3. The van der Waals surface area contributed by atoms with Gasteiger partial charge in [-0.15, -0.1) is 0 Å². The van der Waals surface area contributed by atoms with E-state index in [2.05, 4.69) is 10.6 Å². The third kappa shape index (κ3) is 6.08. The number of para-hydroxylation sites is 1. The van der Waals surface area contributed by atoms with Crippen molar-refractivity contribution in [3.05, 3.63) is 29.3 Å². The summed E-state index contributed by atoms with van der Waals surface area (Å²) in [7, 11) is 0. The highest BCUT2D eigenvalue weighted by molar-refractivity contribution is 6.32. The minimum Gasteiger partial charge on any atom is -0.480 e. The van der Waals surface area contributed by atoms with Crippen LogP contribution in [0.4, 0.5) is 4.79 Å². The first-order valence-corrected chi connectivity index (χ1v) is 8.05. The van der Waals surface area contributed by atoms with Gasteiger partial charge in [0.1, 0.15) is 5.75 Å². The quantitative estimate of drug-likeness (QED) is 0.762. The summed E-state index contributed by atoms with van der Waals surface area (Å²) in [4.78, 5) is 34.7. The van der Waals surface area contributed by atoms with Gasteiger partial charge in [-0.05, 0) is 25.0 Å². The highest BCUT2D eigenvalue weighted by Gasteiger charge is 2.18. The molecule has 0 bridgehead atoms. The van der Waals surface area contributed by atoms with Gasteiger partial charge in [0.2, 0.25) is 0 Å². The van der Waals surface area contributed by atoms with Crippen LogP contribution in [0, 0.1) is 0 Å². The molecular formula is C16H19ClN2O5. The molecule has 130 valence electrons. The molecule has 0 spiro atoms. The molecule has 0 aliphatic heterocycles. The molecule has 1 aromatic carbocycles. The van der Waals surface area contributed by atoms with Gasteiger partial charge in [-0.2, -0.15) is 0 Å². The van der Waals surface area contributed by atoms with Crippen LogP contribution < -0.4 is 15.4 Å². The van der Waals surface area contributed by atoms with Gasteiger partial charge in [0.15, 0.2) is 13.2 Å². The molecule has 1 saturated carbocycles. The van der Waals surface area contributed by atoms with Gasteiger partial charge >= 0.3 is 12.0 Å². The first-order valence-electron chi connectivity index (χ1n) is 7.68. The largest absolute Gasteiger partial charge is 0.480 e. The molecule has 1 aromatic rings. The molecule has 0 atom stereocenters. The predicted molar refractivity (Wildman–Crippen MR) is 86.8 cm³/mol. The first kappa shape index (κ1) is 18.1. The van der Waals surface area contributed by atoms with Crippen molar-refractivity contribution in [1.82, 2.24) is 10.6 Å². The maximum atomic E-state index is 11.6. The van der Waals surface area contributed by atoms with Gasteiger partial charge in [0, 0.05) is 6.04 Å². The molecule has 0 saturated heterocycles. The Morgan fingerprint density at radius 2 is 1.83 bits per heavy atom. The lowest BCUT2D eigenvalue weighted by molar-refractivity contribution is -0.150. The van der Waals surface area contributed by atoms with Crippen molar-refractivity contribution in [2.75, 3.05) is 13.2 Å². The van der Waals surface area contributed by atoms with E-state index in [4.69, 9.17) is 21.1 Å². The second kappa shape index (κ2) is 9.12. The van der Waals surface area contributed by atoms with Crippen molar-refractivity contribution in [3.8, 4) is 5.75 Å². The van der Waals surface area contributed by atoms with Crippen LogP contribution in [0.5, 0.6) is 5.75 Å². The van der Waals surface area contributed by atoms with Crippen LogP contribution in [0.3, 0.4) is 0 Å². The van der Waals surface area contributed by atoms with Gasteiger partial charge in [-0.25, -0.2) is 9.59 Å². The topological polar surface area (TPSA) is 93.7 Å². The van der Waals surface area contributed by atoms with E-state index in [1.54, 1.807) is 24.3 Å². The molecule has 2 N–H and O–H groups in total. The summed E-state index contributed by atoms with van der Waals surface area (Å²) in [6.07, 6.45) is 3.97. The molecule has 1 aliphatic carbocycles. The molecule has 8 heteroatoms. The summed E-state index contributed by atoms with van der Waals surface area (Å²) in [5, 5.41) is 5.18. The second-order valence-corrected chi connectivity index (χ2v) is 5.79. The smallest absolute Gasteiger partial charge is 0.344 e. The molecule has 0 radical (unpaired) electrons. The van der Waals surface area contributed by atoms with Crippen LogP contribution in [0.15, 0.2) is 24.3 Å². The number of rotatable bonds is 6. The van der Waals surface area contributed by atoms with Crippen molar-refractivity contribution in [2.45, 2.75) is 31.7 Å². The van der Waals surface area contributed by atoms with Crippen LogP contribution in [0.25, 0.3) is 0 Å². The monoisotopic (exact) mass is 354 g/mol. The van der Waals surface area contributed by atoms with E-state index in [0.29, 0.717) is 10.8 Å². The first-order chi connectivity index (χ1) is 11.5. The molecule has 3 amide bonds. The third-order valence-corrected chi connectivity index (χ3v) is 3.80. The maximum absolute atomic E-state index is 11.6. The summed E-state index contributed by atoms with van der Waals surface area (Å²) in [5.74, 6) is -1.09. The molecule has 1 fully saturated rings.